The smallest absolute Gasteiger partial charge is 0.334 e. The van der Waals surface area contributed by atoms with Gasteiger partial charge in [-0.3, -0.25) is 4.79 Å². The number of ether oxygens (including phenoxy) is 2. The number of morpholine rings is 1. The highest BCUT2D eigenvalue weighted by atomic mass is 16.5. The number of hydrogen-bond acceptors (Lipinski definition) is 4. The van der Waals surface area contributed by atoms with Gasteiger partial charge >= 0.3 is 5.97 Å². The molecule has 2 fully saturated rings. The van der Waals surface area contributed by atoms with E-state index in [1.54, 1.807) is 18.2 Å². The number of para-hydroxylation sites is 1. The van der Waals surface area contributed by atoms with Gasteiger partial charge in [-0.1, -0.05) is 12.1 Å². The Morgan fingerprint density at radius 2 is 2.09 bits per heavy atom. The van der Waals surface area contributed by atoms with Crippen molar-refractivity contribution in [1.82, 2.24) is 4.90 Å². The Morgan fingerprint density at radius 3 is 2.82 bits per heavy atom. The predicted octanol–water partition coefficient (Wildman–Crippen LogP) is 1.40. The van der Waals surface area contributed by atoms with E-state index < -0.39 is 12.1 Å². The lowest BCUT2D eigenvalue weighted by Gasteiger charge is -2.31. The molecule has 1 atom stereocenters. The van der Waals surface area contributed by atoms with Gasteiger partial charge in [0.05, 0.1) is 25.3 Å². The van der Waals surface area contributed by atoms with Gasteiger partial charge < -0.3 is 19.5 Å². The maximum absolute atomic E-state index is 12.6. The van der Waals surface area contributed by atoms with Crippen LogP contribution in [0.4, 0.5) is 0 Å². The minimum Gasteiger partial charge on any atom is -0.492 e. The van der Waals surface area contributed by atoms with E-state index in [2.05, 4.69) is 0 Å². The first-order valence-corrected chi connectivity index (χ1v) is 7.50. The van der Waals surface area contributed by atoms with Crippen LogP contribution in [0.15, 0.2) is 24.3 Å². The van der Waals surface area contributed by atoms with E-state index in [1.165, 1.54) is 17.7 Å². The van der Waals surface area contributed by atoms with E-state index in [4.69, 9.17) is 14.6 Å². The zero-order valence-corrected chi connectivity index (χ0v) is 12.2. The summed E-state index contributed by atoms with van der Waals surface area (Å²) in [6, 6.07) is 7.12. The topological polar surface area (TPSA) is 76.1 Å². The van der Waals surface area contributed by atoms with E-state index in [-0.39, 0.29) is 19.1 Å². The molecule has 1 N–H and O–H groups in total. The third-order valence-electron chi connectivity index (χ3n) is 3.92. The number of amides is 1. The first-order valence-electron chi connectivity index (χ1n) is 7.50. The van der Waals surface area contributed by atoms with Crippen LogP contribution in [0.25, 0.3) is 0 Å². The van der Waals surface area contributed by atoms with Crippen molar-refractivity contribution in [1.29, 1.82) is 0 Å². The van der Waals surface area contributed by atoms with Crippen LogP contribution in [0.1, 0.15) is 23.2 Å². The van der Waals surface area contributed by atoms with Gasteiger partial charge in [0.25, 0.3) is 5.91 Å². The van der Waals surface area contributed by atoms with Crippen molar-refractivity contribution >= 4 is 11.9 Å². The summed E-state index contributed by atoms with van der Waals surface area (Å²) in [6.07, 6.45) is 1.40. The molecular weight excluding hydrogens is 286 g/mol. The van der Waals surface area contributed by atoms with Crippen molar-refractivity contribution in [2.24, 2.45) is 5.92 Å². The molecule has 0 spiro atoms. The van der Waals surface area contributed by atoms with E-state index in [1.807, 2.05) is 6.07 Å². The summed E-state index contributed by atoms with van der Waals surface area (Å²) < 4.78 is 10.9. The fourth-order valence-electron chi connectivity index (χ4n) is 2.41. The second-order valence-electron chi connectivity index (χ2n) is 5.70. The number of rotatable bonds is 5. The molecule has 1 saturated heterocycles. The van der Waals surface area contributed by atoms with Gasteiger partial charge in [-0.25, -0.2) is 4.79 Å². The molecule has 1 amide bonds. The van der Waals surface area contributed by atoms with Crippen LogP contribution in [0.2, 0.25) is 0 Å². The lowest BCUT2D eigenvalue weighted by atomic mass is 10.1. The van der Waals surface area contributed by atoms with E-state index in [0.29, 0.717) is 30.4 Å². The number of benzene rings is 1. The van der Waals surface area contributed by atoms with Crippen LogP contribution in [0.5, 0.6) is 5.75 Å². The van der Waals surface area contributed by atoms with E-state index >= 15 is 0 Å². The molecule has 1 aliphatic carbocycles. The molecular formula is C16H19NO5. The molecule has 6 heteroatoms. The highest BCUT2D eigenvalue weighted by Gasteiger charge is 2.31. The summed E-state index contributed by atoms with van der Waals surface area (Å²) in [5.41, 5.74) is 0.481. The minimum absolute atomic E-state index is 0.0606. The Hall–Kier alpha value is -2.08. The van der Waals surface area contributed by atoms with Crippen LogP contribution in [-0.4, -0.2) is 54.3 Å². The number of carboxylic acids is 1. The average Bonchev–Trinajstić information content (AvgIpc) is 3.37. The SMILES string of the molecule is O=C(O)[C@@H]1CN(C(=O)c2ccccc2OCC2CC2)CCO1. The number of carbonyl (C=O) groups excluding carboxylic acids is 1. The Labute approximate surface area is 128 Å². The van der Waals surface area contributed by atoms with Crippen molar-refractivity contribution in [3.8, 4) is 5.75 Å². The molecule has 3 rings (SSSR count). The number of carbonyl (C=O) groups is 2. The van der Waals surface area contributed by atoms with Gasteiger partial charge in [-0.05, 0) is 30.9 Å². The summed E-state index contributed by atoms with van der Waals surface area (Å²) in [7, 11) is 0. The maximum Gasteiger partial charge on any atom is 0.334 e. The molecule has 1 aliphatic heterocycles. The van der Waals surface area contributed by atoms with E-state index in [0.717, 1.165) is 0 Å². The number of aliphatic carboxylic acids is 1. The monoisotopic (exact) mass is 305 g/mol. The summed E-state index contributed by atoms with van der Waals surface area (Å²) in [5.74, 6) is -0.0857. The molecule has 1 heterocycles. The number of carboxylic acid groups (broad SMARTS) is 1. The fraction of sp³-hybridized carbons (Fsp3) is 0.500. The number of hydrogen-bond donors (Lipinski definition) is 1. The van der Waals surface area contributed by atoms with Crippen molar-refractivity contribution < 1.29 is 24.2 Å². The van der Waals surface area contributed by atoms with Crippen LogP contribution < -0.4 is 4.74 Å². The molecule has 6 nitrogen and oxygen atoms in total. The van der Waals surface area contributed by atoms with Gasteiger partial charge in [0.1, 0.15) is 5.75 Å². The first-order chi connectivity index (χ1) is 10.6. The van der Waals surface area contributed by atoms with Crippen molar-refractivity contribution in [2.45, 2.75) is 18.9 Å². The lowest BCUT2D eigenvalue weighted by Crippen LogP contribution is -2.48. The summed E-state index contributed by atoms with van der Waals surface area (Å²) >= 11 is 0. The first kappa shape index (κ1) is 14.8. The van der Waals surface area contributed by atoms with Gasteiger partial charge in [0.2, 0.25) is 0 Å². The predicted molar refractivity (Wildman–Crippen MR) is 77.9 cm³/mol. The average molecular weight is 305 g/mol. The highest BCUT2D eigenvalue weighted by Crippen LogP contribution is 2.30. The summed E-state index contributed by atoms with van der Waals surface area (Å²) in [4.78, 5) is 25.2. The quantitative estimate of drug-likeness (QED) is 0.890. The Kier molecular flexibility index (Phi) is 4.29. The van der Waals surface area contributed by atoms with E-state index in [9.17, 15) is 9.59 Å². The third kappa shape index (κ3) is 3.39. The molecule has 0 unspecified atom stereocenters. The maximum atomic E-state index is 12.6. The standard InChI is InChI=1S/C16H19NO5/c18-15(17-7-8-21-14(9-17)16(19)20)12-3-1-2-4-13(12)22-10-11-5-6-11/h1-4,11,14H,5-10H2,(H,19,20)/t14-/m0/s1. The fourth-order valence-corrected chi connectivity index (χ4v) is 2.41. The van der Waals surface area contributed by atoms with Crippen LogP contribution in [-0.2, 0) is 9.53 Å². The van der Waals surface area contributed by atoms with Gasteiger partial charge in [-0.15, -0.1) is 0 Å². The molecule has 118 valence electrons. The third-order valence-corrected chi connectivity index (χ3v) is 3.92. The molecule has 1 aromatic rings. The highest BCUT2D eigenvalue weighted by molar-refractivity contribution is 5.97. The molecule has 0 radical (unpaired) electrons. The Bertz CT molecular complexity index is 569. The second-order valence-corrected chi connectivity index (χ2v) is 5.70. The molecule has 1 aromatic carbocycles. The van der Waals surface area contributed by atoms with Crippen molar-refractivity contribution in [2.75, 3.05) is 26.3 Å². The second kappa shape index (κ2) is 6.36. The lowest BCUT2D eigenvalue weighted by molar-refractivity contribution is -0.154. The Morgan fingerprint density at radius 1 is 1.32 bits per heavy atom. The minimum atomic E-state index is -1.05. The van der Waals surface area contributed by atoms with Crippen LogP contribution >= 0.6 is 0 Å². The summed E-state index contributed by atoms with van der Waals surface area (Å²) in [5, 5.41) is 9.03. The van der Waals surface area contributed by atoms with Gasteiger partial charge in [-0.2, -0.15) is 0 Å². The molecule has 0 aromatic heterocycles. The molecule has 1 saturated carbocycles. The van der Waals surface area contributed by atoms with Gasteiger partial charge in [0, 0.05) is 6.54 Å². The van der Waals surface area contributed by atoms with Crippen LogP contribution in [0, 0.1) is 5.92 Å². The molecule has 0 bridgehead atoms. The zero-order chi connectivity index (χ0) is 15.5. The normalized spacial score (nSPS) is 21.5. The van der Waals surface area contributed by atoms with Crippen LogP contribution in [0.3, 0.4) is 0 Å². The van der Waals surface area contributed by atoms with Crippen molar-refractivity contribution in [3.63, 3.8) is 0 Å². The summed E-state index contributed by atoms with van der Waals surface area (Å²) in [6.45, 7) is 1.31. The largest absolute Gasteiger partial charge is 0.492 e. The van der Waals surface area contributed by atoms with Crippen molar-refractivity contribution in [3.05, 3.63) is 29.8 Å². The molecule has 22 heavy (non-hydrogen) atoms. The number of nitrogens with zero attached hydrogens (tertiary/aromatic N) is 1. The molecule has 2 aliphatic rings. The zero-order valence-electron chi connectivity index (χ0n) is 12.2. The Balaban J connectivity index is 1.71. The van der Waals surface area contributed by atoms with Gasteiger partial charge in [0.15, 0.2) is 6.10 Å².